The molecular weight excluding hydrogens is 330 g/mol. The summed E-state index contributed by atoms with van der Waals surface area (Å²) in [4.78, 5) is 19.3. The van der Waals surface area contributed by atoms with E-state index in [4.69, 9.17) is 0 Å². The van der Waals surface area contributed by atoms with Crippen LogP contribution in [0.25, 0.3) is 10.8 Å². The van der Waals surface area contributed by atoms with Gasteiger partial charge in [-0.1, -0.05) is 17.3 Å². The first-order valence-electron chi connectivity index (χ1n) is 8.85. The number of hydrogen-bond donors (Lipinski definition) is 1. The lowest BCUT2D eigenvalue weighted by Crippen LogP contribution is -2.31. The van der Waals surface area contributed by atoms with Crippen LogP contribution in [0.3, 0.4) is 0 Å². The van der Waals surface area contributed by atoms with Gasteiger partial charge in [-0.2, -0.15) is 0 Å². The van der Waals surface area contributed by atoms with Gasteiger partial charge in [-0.15, -0.1) is 5.10 Å². The molecule has 1 aliphatic rings. The number of benzene rings is 1. The van der Waals surface area contributed by atoms with E-state index >= 15 is 0 Å². The number of pyridine rings is 1. The Kier molecular flexibility index (Phi) is 4.38. The van der Waals surface area contributed by atoms with E-state index in [1.165, 1.54) is 0 Å². The van der Waals surface area contributed by atoms with Crippen molar-refractivity contribution in [2.24, 2.45) is 0 Å². The number of nitrogens with zero attached hydrogens (tertiary/aromatic N) is 5. The number of hydrogen-bond acceptors (Lipinski definition) is 5. The van der Waals surface area contributed by atoms with Gasteiger partial charge in [-0.05, 0) is 37.3 Å². The Labute approximate surface area is 151 Å². The van der Waals surface area contributed by atoms with Gasteiger partial charge in [0.25, 0.3) is 5.91 Å². The summed E-state index contributed by atoms with van der Waals surface area (Å²) in [6.07, 6.45) is 6.61. The summed E-state index contributed by atoms with van der Waals surface area (Å²) in [6.45, 7) is 2.80. The van der Waals surface area contributed by atoms with Crippen LogP contribution in [0.5, 0.6) is 0 Å². The number of carbonyl (C=O) groups excluding carboxylic acids is 1. The minimum absolute atomic E-state index is 0.00354. The fourth-order valence-corrected chi connectivity index (χ4v) is 3.60. The fourth-order valence-electron chi connectivity index (χ4n) is 3.60. The standard InChI is InChI=1S/C19H21N5O2/c1-13(25)11-23-12-17(21-22-23)18-6-3-9-24(18)19(26)15-5-2-4-14-7-8-20-10-16(14)15/h2,4-5,7-8,10,12-13,18,25H,3,6,9,11H2,1H3. The minimum Gasteiger partial charge on any atom is -0.391 e. The molecule has 0 spiro atoms. The van der Waals surface area contributed by atoms with Crippen molar-refractivity contribution in [2.75, 3.05) is 6.54 Å². The maximum absolute atomic E-state index is 13.2. The second-order valence-electron chi connectivity index (χ2n) is 6.77. The van der Waals surface area contributed by atoms with Crippen molar-refractivity contribution in [2.45, 2.75) is 38.5 Å². The first-order chi connectivity index (χ1) is 12.6. The summed E-state index contributed by atoms with van der Waals surface area (Å²) in [5.41, 5.74) is 1.44. The molecule has 4 rings (SSSR count). The number of amides is 1. The lowest BCUT2D eigenvalue weighted by atomic mass is 10.0. The summed E-state index contributed by atoms with van der Waals surface area (Å²) < 4.78 is 1.63. The molecule has 0 aliphatic carbocycles. The zero-order chi connectivity index (χ0) is 18.1. The first kappa shape index (κ1) is 16.7. The van der Waals surface area contributed by atoms with Crippen LogP contribution in [0.2, 0.25) is 0 Å². The highest BCUT2D eigenvalue weighted by Gasteiger charge is 2.33. The quantitative estimate of drug-likeness (QED) is 0.779. The summed E-state index contributed by atoms with van der Waals surface area (Å²) in [6, 6.07) is 7.56. The highest BCUT2D eigenvalue weighted by atomic mass is 16.3. The molecule has 7 heteroatoms. The smallest absolute Gasteiger partial charge is 0.255 e. The molecule has 0 saturated carbocycles. The number of aromatic nitrogens is 4. The van der Waals surface area contributed by atoms with E-state index < -0.39 is 6.10 Å². The van der Waals surface area contributed by atoms with Crippen molar-refractivity contribution in [3.8, 4) is 0 Å². The summed E-state index contributed by atoms with van der Waals surface area (Å²) in [5.74, 6) is -0.00354. The van der Waals surface area contributed by atoms with Crippen molar-refractivity contribution in [3.05, 3.63) is 54.1 Å². The topological polar surface area (TPSA) is 84.1 Å². The van der Waals surface area contributed by atoms with Gasteiger partial charge in [-0.25, -0.2) is 4.68 Å². The number of fused-ring (bicyclic) bond motifs is 1. The average molecular weight is 351 g/mol. The highest BCUT2D eigenvalue weighted by molar-refractivity contribution is 6.06. The molecule has 3 heterocycles. The second kappa shape index (κ2) is 6.84. The van der Waals surface area contributed by atoms with E-state index in [1.807, 2.05) is 35.4 Å². The van der Waals surface area contributed by atoms with Crippen molar-refractivity contribution in [1.82, 2.24) is 24.9 Å². The zero-order valence-corrected chi connectivity index (χ0v) is 14.6. The molecule has 7 nitrogen and oxygen atoms in total. The van der Waals surface area contributed by atoms with E-state index in [2.05, 4.69) is 15.3 Å². The third kappa shape index (κ3) is 3.06. The molecule has 1 aliphatic heterocycles. The van der Waals surface area contributed by atoms with E-state index in [9.17, 15) is 9.90 Å². The molecule has 1 N–H and O–H groups in total. The molecule has 3 aromatic rings. The number of rotatable bonds is 4. The van der Waals surface area contributed by atoms with E-state index in [1.54, 1.807) is 24.0 Å². The maximum Gasteiger partial charge on any atom is 0.255 e. The van der Waals surface area contributed by atoms with E-state index in [0.717, 1.165) is 29.3 Å². The molecule has 2 unspecified atom stereocenters. The van der Waals surface area contributed by atoms with Gasteiger partial charge >= 0.3 is 0 Å². The minimum atomic E-state index is -0.492. The Balaban J connectivity index is 1.63. The van der Waals surface area contributed by atoms with E-state index in [-0.39, 0.29) is 11.9 Å². The average Bonchev–Trinajstić information content (AvgIpc) is 3.29. The first-order valence-corrected chi connectivity index (χ1v) is 8.85. The third-order valence-corrected chi connectivity index (χ3v) is 4.78. The van der Waals surface area contributed by atoms with Gasteiger partial charge in [-0.3, -0.25) is 9.78 Å². The number of carbonyl (C=O) groups is 1. The Bertz CT molecular complexity index is 931. The lowest BCUT2D eigenvalue weighted by Gasteiger charge is -2.23. The second-order valence-corrected chi connectivity index (χ2v) is 6.77. The van der Waals surface area contributed by atoms with Crippen molar-refractivity contribution in [3.63, 3.8) is 0 Å². The monoisotopic (exact) mass is 351 g/mol. The number of aliphatic hydroxyl groups excluding tert-OH is 1. The molecule has 134 valence electrons. The Hall–Kier alpha value is -2.80. The van der Waals surface area contributed by atoms with Crippen LogP contribution in [-0.2, 0) is 6.54 Å². The summed E-state index contributed by atoms with van der Waals surface area (Å²) in [5, 5.41) is 19.7. The molecule has 2 aromatic heterocycles. The largest absolute Gasteiger partial charge is 0.391 e. The molecule has 1 saturated heterocycles. The van der Waals surface area contributed by atoms with Crippen molar-refractivity contribution in [1.29, 1.82) is 0 Å². The molecule has 0 radical (unpaired) electrons. The zero-order valence-electron chi connectivity index (χ0n) is 14.6. The predicted molar refractivity (Wildman–Crippen MR) is 96.5 cm³/mol. The Morgan fingerprint density at radius 1 is 1.38 bits per heavy atom. The molecule has 1 aromatic carbocycles. The van der Waals surface area contributed by atoms with Gasteiger partial charge in [0, 0.05) is 29.9 Å². The van der Waals surface area contributed by atoms with Crippen LogP contribution in [0.1, 0.15) is 41.9 Å². The van der Waals surface area contributed by atoms with Crippen molar-refractivity contribution >= 4 is 16.7 Å². The molecule has 1 amide bonds. The van der Waals surface area contributed by atoms with Gasteiger partial charge in [0.1, 0.15) is 5.69 Å². The van der Waals surface area contributed by atoms with Crippen LogP contribution in [0.15, 0.2) is 42.9 Å². The molecular formula is C19H21N5O2. The molecule has 26 heavy (non-hydrogen) atoms. The molecule has 2 atom stereocenters. The van der Waals surface area contributed by atoms with Crippen molar-refractivity contribution < 1.29 is 9.90 Å². The van der Waals surface area contributed by atoms with Crippen LogP contribution in [-0.4, -0.2) is 48.5 Å². The Morgan fingerprint density at radius 3 is 3.12 bits per heavy atom. The van der Waals surface area contributed by atoms with Crippen LogP contribution in [0.4, 0.5) is 0 Å². The Morgan fingerprint density at radius 2 is 2.27 bits per heavy atom. The lowest BCUT2D eigenvalue weighted by molar-refractivity contribution is 0.0734. The van der Waals surface area contributed by atoms with Gasteiger partial charge in [0.2, 0.25) is 0 Å². The van der Waals surface area contributed by atoms with E-state index in [0.29, 0.717) is 18.7 Å². The number of likely N-dealkylation sites (tertiary alicyclic amines) is 1. The fraction of sp³-hybridized carbons (Fsp3) is 0.368. The molecule has 0 bridgehead atoms. The summed E-state index contributed by atoms with van der Waals surface area (Å²) in [7, 11) is 0. The SMILES string of the molecule is CC(O)Cn1cc(C2CCCN2C(=O)c2cccc3ccncc23)nn1. The maximum atomic E-state index is 13.2. The highest BCUT2D eigenvalue weighted by Crippen LogP contribution is 2.33. The normalized spacial score (nSPS) is 18.4. The molecule has 1 fully saturated rings. The van der Waals surface area contributed by atoms with Gasteiger partial charge < -0.3 is 10.0 Å². The van der Waals surface area contributed by atoms with Gasteiger partial charge in [0.15, 0.2) is 0 Å². The van der Waals surface area contributed by atoms with Crippen LogP contribution >= 0.6 is 0 Å². The van der Waals surface area contributed by atoms with Gasteiger partial charge in [0.05, 0.1) is 24.9 Å². The number of aliphatic hydroxyl groups is 1. The van der Waals surface area contributed by atoms with Crippen LogP contribution in [0, 0.1) is 0 Å². The van der Waals surface area contributed by atoms with Crippen LogP contribution < -0.4 is 0 Å². The predicted octanol–water partition coefficient (Wildman–Crippen LogP) is 2.18. The third-order valence-electron chi connectivity index (χ3n) is 4.78. The summed E-state index contributed by atoms with van der Waals surface area (Å²) >= 11 is 0.